The maximum Gasteiger partial charge on any atom is 0.148 e. The second-order valence-corrected chi connectivity index (χ2v) is 3.42. The van der Waals surface area contributed by atoms with Crippen molar-refractivity contribution in [1.29, 1.82) is 0 Å². The van der Waals surface area contributed by atoms with Crippen LogP contribution in [0.2, 0.25) is 0 Å². The minimum Gasteiger partial charge on any atom is -0.467 e. The van der Waals surface area contributed by atoms with Gasteiger partial charge in [-0.3, -0.25) is 4.68 Å². The second kappa shape index (κ2) is 4.21. The molecule has 0 fully saturated rings. The van der Waals surface area contributed by atoms with Crippen molar-refractivity contribution in [3.8, 4) is 0 Å². The number of aromatic nitrogens is 2. The molecule has 80 valence electrons. The summed E-state index contributed by atoms with van der Waals surface area (Å²) in [5, 5.41) is 7.61. The third-order valence-electron chi connectivity index (χ3n) is 2.30. The van der Waals surface area contributed by atoms with Gasteiger partial charge in [-0.1, -0.05) is 0 Å². The summed E-state index contributed by atoms with van der Waals surface area (Å²) >= 11 is 0. The lowest BCUT2D eigenvalue weighted by Crippen LogP contribution is -2.01. The number of aryl methyl sites for hydroxylation is 2. The van der Waals surface area contributed by atoms with E-state index in [4.69, 9.17) is 4.42 Å². The highest BCUT2D eigenvalue weighted by atomic mass is 16.3. The van der Waals surface area contributed by atoms with Crippen LogP contribution in [0.25, 0.3) is 0 Å². The maximum absolute atomic E-state index is 5.22. The van der Waals surface area contributed by atoms with E-state index in [-0.39, 0.29) is 0 Å². The standard InChI is InChI=1S/C11H15N3O/c1-3-14-9(2)7-11(13-14)12-8-10-5-4-6-15-10/h4-7H,3,8H2,1-2H3,(H,12,13). The summed E-state index contributed by atoms with van der Waals surface area (Å²) in [6.07, 6.45) is 1.67. The molecule has 0 saturated heterocycles. The van der Waals surface area contributed by atoms with Gasteiger partial charge in [0.2, 0.25) is 0 Å². The average molecular weight is 205 g/mol. The van der Waals surface area contributed by atoms with Crippen LogP contribution in [0.4, 0.5) is 5.82 Å². The zero-order valence-corrected chi connectivity index (χ0v) is 9.03. The van der Waals surface area contributed by atoms with Crippen LogP contribution >= 0.6 is 0 Å². The molecule has 0 spiro atoms. The first kappa shape index (κ1) is 9.83. The number of rotatable bonds is 4. The molecule has 0 aliphatic heterocycles. The Balaban J connectivity index is 1.99. The number of nitrogens with zero attached hydrogens (tertiary/aromatic N) is 2. The molecule has 0 unspecified atom stereocenters. The number of anilines is 1. The third kappa shape index (κ3) is 2.21. The molecule has 2 aromatic rings. The van der Waals surface area contributed by atoms with E-state index in [9.17, 15) is 0 Å². The van der Waals surface area contributed by atoms with Gasteiger partial charge in [-0.2, -0.15) is 5.10 Å². The van der Waals surface area contributed by atoms with Gasteiger partial charge in [0.1, 0.15) is 11.6 Å². The van der Waals surface area contributed by atoms with E-state index >= 15 is 0 Å². The Hall–Kier alpha value is -1.71. The van der Waals surface area contributed by atoms with E-state index in [1.807, 2.05) is 22.9 Å². The molecule has 0 amide bonds. The van der Waals surface area contributed by atoms with Crippen LogP contribution in [0, 0.1) is 6.92 Å². The highest BCUT2D eigenvalue weighted by Crippen LogP contribution is 2.10. The van der Waals surface area contributed by atoms with Crippen LogP contribution in [0.3, 0.4) is 0 Å². The third-order valence-corrected chi connectivity index (χ3v) is 2.30. The summed E-state index contributed by atoms with van der Waals surface area (Å²) in [6.45, 7) is 5.70. The Labute approximate surface area is 88.9 Å². The van der Waals surface area contributed by atoms with Crippen molar-refractivity contribution in [3.05, 3.63) is 35.9 Å². The number of hydrogen-bond acceptors (Lipinski definition) is 3. The number of nitrogens with one attached hydrogen (secondary N) is 1. The predicted octanol–water partition coefficient (Wildman–Crippen LogP) is 2.42. The zero-order chi connectivity index (χ0) is 10.7. The van der Waals surface area contributed by atoms with Gasteiger partial charge in [-0.15, -0.1) is 0 Å². The number of furan rings is 1. The molecule has 0 radical (unpaired) electrons. The molecule has 4 nitrogen and oxygen atoms in total. The summed E-state index contributed by atoms with van der Waals surface area (Å²) in [7, 11) is 0. The normalized spacial score (nSPS) is 10.5. The molecule has 0 aliphatic carbocycles. The molecule has 2 aromatic heterocycles. The minimum absolute atomic E-state index is 0.674. The van der Waals surface area contributed by atoms with Crippen molar-refractivity contribution < 1.29 is 4.42 Å². The minimum atomic E-state index is 0.674. The molecule has 0 atom stereocenters. The van der Waals surface area contributed by atoms with Crippen LogP contribution in [0.5, 0.6) is 0 Å². The Morgan fingerprint density at radius 1 is 1.53 bits per heavy atom. The SMILES string of the molecule is CCn1nc(NCc2ccco2)cc1C. The molecule has 0 saturated carbocycles. The fourth-order valence-electron chi connectivity index (χ4n) is 1.51. The second-order valence-electron chi connectivity index (χ2n) is 3.42. The van der Waals surface area contributed by atoms with Crippen molar-refractivity contribution in [1.82, 2.24) is 9.78 Å². The van der Waals surface area contributed by atoms with Crippen LogP contribution in [0.1, 0.15) is 18.4 Å². The average Bonchev–Trinajstić information content (AvgIpc) is 2.83. The molecular formula is C11H15N3O. The topological polar surface area (TPSA) is 43.0 Å². The Morgan fingerprint density at radius 3 is 3.00 bits per heavy atom. The first-order valence-corrected chi connectivity index (χ1v) is 5.10. The lowest BCUT2D eigenvalue weighted by atomic mass is 10.4. The summed E-state index contributed by atoms with van der Waals surface area (Å²) in [5.41, 5.74) is 1.17. The molecule has 2 rings (SSSR count). The molecule has 0 aromatic carbocycles. The smallest absolute Gasteiger partial charge is 0.148 e. The molecule has 2 heterocycles. The monoisotopic (exact) mass is 205 g/mol. The van der Waals surface area contributed by atoms with Gasteiger partial charge in [-0.25, -0.2) is 0 Å². The molecular weight excluding hydrogens is 190 g/mol. The van der Waals surface area contributed by atoms with E-state index in [2.05, 4.69) is 24.3 Å². The summed E-state index contributed by atoms with van der Waals surface area (Å²) < 4.78 is 7.18. The van der Waals surface area contributed by atoms with E-state index in [0.717, 1.165) is 18.1 Å². The van der Waals surface area contributed by atoms with Crippen LogP contribution in [0.15, 0.2) is 28.9 Å². The Morgan fingerprint density at radius 2 is 2.40 bits per heavy atom. The van der Waals surface area contributed by atoms with E-state index in [1.54, 1.807) is 6.26 Å². The fraction of sp³-hybridized carbons (Fsp3) is 0.364. The van der Waals surface area contributed by atoms with Gasteiger partial charge in [-0.05, 0) is 26.0 Å². The largest absolute Gasteiger partial charge is 0.467 e. The van der Waals surface area contributed by atoms with Gasteiger partial charge in [0.05, 0.1) is 12.8 Å². The zero-order valence-electron chi connectivity index (χ0n) is 9.03. The lowest BCUT2D eigenvalue weighted by Gasteiger charge is -1.99. The van der Waals surface area contributed by atoms with Gasteiger partial charge in [0.15, 0.2) is 0 Å². The quantitative estimate of drug-likeness (QED) is 0.833. The van der Waals surface area contributed by atoms with Crippen molar-refractivity contribution in [2.45, 2.75) is 26.9 Å². The first-order valence-electron chi connectivity index (χ1n) is 5.10. The van der Waals surface area contributed by atoms with Crippen molar-refractivity contribution >= 4 is 5.82 Å². The van der Waals surface area contributed by atoms with Gasteiger partial charge in [0.25, 0.3) is 0 Å². The fourth-order valence-corrected chi connectivity index (χ4v) is 1.51. The molecule has 1 N–H and O–H groups in total. The van der Waals surface area contributed by atoms with E-state index in [1.165, 1.54) is 5.69 Å². The predicted molar refractivity (Wildman–Crippen MR) is 58.7 cm³/mol. The highest BCUT2D eigenvalue weighted by molar-refractivity contribution is 5.35. The van der Waals surface area contributed by atoms with Crippen LogP contribution in [-0.2, 0) is 13.1 Å². The Bertz CT molecular complexity index is 417. The van der Waals surface area contributed by atoms with Crippen LogP contribution < -0.4 is 5.32 Å². The van der Waals surface area contributed by atoms with E-state index < -0.39 is 0 Å². The van der Waals surface area contributed by atoms with Gasteiger partial charge in [0, 0.05) is 18.3 Å². The summed E-state index contributed by atoms with van der Waals surface area (Å²) in [4.78, 5) is 0. The van der Waals surface area contributed by atoms with Gasteiger partial charge >= 0.3 is 0 Å². The lowest BCUT2D eigenvalue weighted by molar-refractivity contribution is 0.517. The summed E-state index contributed by atoms with van der Waals surface area (Å²) in [5.74, 6) is 1.81. The maximum atomic E-state index is 5.22. The Kier molecular flexibility index (Phi) is 2.76. The van der Waals surface area contributed by atoms with E-state index in [0.29, 0.717) is 6.54 Å². The molecule has 0 bridgehead atoms. The summed E-state index contributed by atoms with van der Waals surface area (Å²) in [6, 6.07) is 5.86. The van der Waals surface area contributed by atoms with Crippen molar-refractivity contribution in [3.63, 3.8) is 0 Å². The highest BCUT2D eigenvalue weighted by Gasteiger charge is 2.02. The first-order chi connectivity index (χ1) is 7.29. The van der Waals surface area contributed by atoms with Crippen molar-refractivity contribution in [2.75, 3.05) is 5.32 Å². The van der Waals surface area contributed by atoms with Crippen molar-refractivity contribution in [2.24, 2.45) is 0 Å². The molecule has 4 heteroatoms. The number of hydrogen-bond donors (Lipinski definition) is 1. The molecule has 0 aliphatic rings. The van der Waals surface area contributed by atoms with Gasteiger partial charge < -0.3 is 9.73 Å². The molecule has 15 heavy (non-hydrogen) atoms. The van der Waals surface area contributed by atoms with Crippen LogP contribution in [-0.4, -0.2) is 9.78 Å².